The van der Waals surface area contributed by atoms with E-state index in [1.807, 2.05) is 48.5 Å². The molecule has 26 heavy (non-hydrogen) atoms. The van der Waals surface area contributed by atoms with Crippen molar-refractivity contribution in [2.45, 2.75) is 6.54 Å². The molecular weight excluding hydrogens is 352 g/mol. The minimum absolute atomic E-state index is 0.288. The molecule has 1 N–H and O–H groups in total. The quantitative estimate of drug-likeness (QED) is 0.536. The molecule has 0 radical (unpaired) electrons. The highest BCUT2D eigenvalue weighted by atomic mass is 35.5. The Labute approximate surface area is 156 Å². The number of benzene rings is 2. The molecule has 0 saturated carbocycles. The van der Waals surface area contributed by atoms with Crippen LogP contribution in [0, 0.1) is 0 Å². The van der Waals surface area contributed by atoms with Crippen LogP contribution in [-0.2, 0) is 6.54 Å². The number of halogens is 1. The number of aromatic nitrogens is 2. The molecule has 0 fully saturated rings. The minimum atomic E-state index is -0.383. The SMILES string of the molecule is COc1ccccc1C=NNC(=O)c1ccn(Cc2ccc(Cl)cc2)n1. The lowest BCUT2D eigenvalue weighted by molar-refractivity contribution is 0.0949. The van der Waals surface area contributed by atoms with Gasteiger partial charge in [-0.2, -0.15) is 10.2 Å². The highest BCUT2D eigenvalue weighted by Gasteiger charge is 2.09. The van der Waals surface area contributed by atoms with Crippen LogP contribution >= 0.6 is 11.6 Å². The van der Waals surface area contributed by atoms with E-state index in [9.17, 15) is 4.79 Å². The van der Waals surface area contributed by atoms with Gasteiger partial charge in [-0.05, 0) is 35.9 Å². The predicted molar refractivity (Wildman–Crippen MR) is 101 cm³/mol. The van der Waals surface area contributed by atoms with E-state index in [1.165, 1.54) is 6.21 Å². The second kappa shape index (κ2) is 8.31. The van der Waals surface area contributed by atoms with E-state index in [0.29, 0.717) is 17.3 Å². The molecule has 1 aromatic heterocycles. The third-order valence-electron chi connectivity index (χ3n) is 3.64. The van der Waals surface area contributed by atoms with Crippen molar-refractivity contribution >= 4 is 23.7 Å². The van der Waals surface area contributed by atoms with Gasteiger partial charge in [0.2, 0.25) is 0 Å². The number of hydrazone groups is 1. The van der Waals surface area contributed by atoms with Gasteiger partial charge in [0, 0.05) is 16.8 Å². The van der Waals surface area contributed by atoms with Crippen molar-refractivity contribution in [2.75, 3.05) is 7.11 Å². The Hall–Kier alpha value is -3.12. The molecular formula is C19H17ClN4O2. The first-order valence-electron chi connectivity index (χ1n) is 7.90. The molecule has 3 rings (SSSR count). The van der Waals surface area contributed by atoms with Crippen molar-refractivity contribution in [1.82, 2.24) is 15.2 Å². The van der Waals surface area contributed by atoms with E-state index in [-0.39, 0.29) is 11.6 Å². The maximum Gasteiger partial charge on any atom is 0.291 e. The monoisotopic (exact) mass is 368 g/mol. The number of hydrogen-bond acceptors (Lipinski definition) is 4. The third-order valence-corrected chi connectivity index (χ3v) is 3.89. The number of nitrogens with zero attached hydrogens (tertiary/aromatic N) is 3. The summed E-state index contributed by atoms with van der Waals surface area (Å²) >= 11 is 5.88. The Balaban J connectivity index is 1.61. The van der Waals surface area contributed by atoms with E-state index in [4.69, 9.17) is 16.3 Å². The fourth-order valence-electron chi connectivity index (χ4n) is 2.34. The van der Waals surface area contributed by atoms with Crippen LogP contribution in [0.1, 0.15) is 21.6 Å². The van der Waals surface area contributed by atoms with E-state index in [1.54, 1.807) is 24.1 Å². The number of methoxy groups -OCH3 is 1. The molecule has 0 aliphatic carbocycles. The van der Waals surface area contributed by atoms with Gasteiger partial charge in [0.05, 0.1) is 19.9 Å². The molecule has 132 valence electrons. The summed E-state index contributed by atoms with van der Waals surface area (Å²) in [5.41, 5.74) is 4.56. The van der Waals surface area contributed by atoms with Crippen LogP contribution in [-0.4, -0.2) is 29.0 Å². The lowest BCUT2D eigenvalue weighted by atomic mass is 10.2. The number of carbonyl (C=O) groups excluding carboxylic acids is 1. The number of ether oxygens (including phenoxy) is 1. The summed E-state index contributed by atoms with van der Waals surface area (Å²) < 4.78 is 6.91. The molecule has 2 aromatic carbocycles. The van der Waals surface area contributed by atoms with E-state index in [0.717, 1.165) is 11.1 Å². The summed E-state index contributed by atoms with van der Waals surface area (Å²) in [6.07, 6.45) is 3.27. The van der Waals surface area contributed by atoms with Crippen LogP contribution in [0.3, 0.4) is 0 Å². The molecule has 1 heterocycles. The van der Waals surface area contributed by atoms with E-state index in [2.05, 4.69) is 15.6 Å². The van der Waals surface area contributed by atoms with Gasteiger partial charge < -0.3 is 4.74 Å². The fourth-order valence-corrected chi connectivity index (χ4v) is 2.46. The zero-order valence-electron chi connectivity index (χ0n) is 14.1. The first-order chi connectivity index (χ1) is 12.7. The van der Waals surface area contributed by atoms with Crippen LogP contribution in [0.4, 0.5) is 0 Å². The highest BCUT2D eigenvalue weighted by molar-refractivity contribution is 6.30. The topological polar surface area (TPSA) is 68.5 Å². The summed E-state index contributed by atoms with van der Waals surface area (Å²) in [6.45, 7) is 0.551. The van der Waals surface area contributed by atoms with Gasteiger partial charge in [-0.1, -0.05) is 35.9 Å². The molecule has 0 atom stereocenters. The molecule has 0 aliphatic rings. The summed E-state index contributed by atoms with van der Waals surface area (Å²) in [5.74, 6) is 0.295. The second-order valence-electron chi connectivity index (χ2n) is 5.47. The number of carbonyl (C=O) groups is 1. The number of amides is 1. The molecule has 1 amide bonds. The van der Waals surface area contributed by atoms with Crippen LogP contribution < -0.4 is 10.2 Å². The average molecular weight is 369 g/mol. The number of rotatable bonds is 6. The molecule has 0 spiro atoms. The van der Waals surface area contributed by atoms with Gasteiger partial charge in [0.1, 0.15) is 5.75 Å². The highest BCUT2D eigenvalue weighted by Crippen LogP contribution is 2.14. The van der Waals surface area contributed by atoms with Crippen LogP contribution in [0.2, 0.25) is 5.02 Å². The number of nitrogens with one attached hydrogen (secondary N) is 1. The first kappa shape index (κ1) is 17.7. The number of hydrogen-bond donors (Lipinski definition) is 1. The molecule has 0 bridgehead atoms. The Bertz CT molecular complexity index is 919. The zero-order valence-corrected chi connectivity index (χ0v) is 14.8. The molecule has 0 saturated heterocycles. The first-order valence-corrected chi connectivity index (χ1v) is 8.28. The Morgan fingerprint density at radius 2 is 2.00 bits per heavy atom. The third kappa shape index (κ3) is 4.49. The Kier molecular flexibility index (Phi) is 5.66. The zero-order chi connectivity index (χ0) is 18.4. The van der Waals surface area contributed by atoms with E-state index < -0.39 is 0 Å². The molecule has 7 heteroatoms. The smallest absolute Gasteiger partial charge is 0.291 e. The van der Waals surface area contributed by atoms with Gasteiger partial charge >= 0.3 is 0 Å². The Morgan fingerprint density at radius 1 is 1.23 bits per heavy atom. The van der Waals surface area contributed by atoms with Gasteiger partial charge in [0.15, 0.2) is 5.69 Å². The van der Waals surface area contributed by atoms with E-state index >= 15 is 0 Å². The summed E-state index contributed by atoms with van der Waals surface area (Å²) in [6, 6.07) is 16.5. The van der Waals surface area contributed by atoms with Crippen LogP contribution in [0.5, 0.6) is 5.75 Å². The molecule has 0 unspecified atom stereocenters. The number of para-hydroxylation sites is 1. The van der Waals surface area contributed by atoms with Crippen LogP contribution in [0.15, 0.2) is 65.9 Å². The summed E-state index contributed by atoms with van der Waals surface area (Å²) in [7, 11) is 1.58. The lowest BCUT2D eigenvalue weighted by Crippen LogP contribution is -2.18. The maximum absolute atomic E-state index is 12.2. The molecule has 0 aliphatic heterocycles. The largest absolute Gasteiger partial charge is 0.496 e. The van der Waals surface area contributed by atoms with Gasteiger partial charge in [-0.3, -0.25) is 9.48 Å². The summed E-state index contributed by atoms with van der Waals surface area (Å²) in [5, 5.41) is 8.90. The standard InChI is InChI=1S/C19H17ClN4O2/c1-26-18-5-3-2-4-15(18)12-21-22-19(25)17-10-11-24(23-17)13-14-6-8-16(20)9-7-14/h2-12H,13H2,1H3,(H,22,25). The Morgan fingerprint density at radius 3 is 2.77 bits per heavy atom. The van der Waals surface area contributed by atoms with Gasteiger partial charge in [-0.25, -0.2) is 5.43 Å². The maximum atomic E-state index is 12.2. The molecule has 6 nitrogen and oxygen atoms in total. The minimum Gasteiger partial charge on any atom is -0.496 e. The van der Waals surface area contributed by atoms with Crippen LogP contribution in [0.25, 0.3) is 0 Å². The van der Waals surface area contributed by atoms with Crippen molar-refractivity contribution in [1.29, 1.82) is 0 Å². The van der Waals surface area contributed by atoms with Crippen molar-refractivity contribution in [3.63, 3.8) is 0 Å². The van der Waals surface area contributed by atoms with Crippen molar-refractivity contribution in [3.05, 3.63) is 82.6 Å². The molecule has 3 aromatic rings. The summed E-state index contributed by atoms with van der Waals surface area (Å²) in [4.78, 5) is 12.2. The van der Waals surface area contributed by atoms with Crippen molar-refractivity contribution in [2.24, 2.45) is 5.10 Å². The second-order valence-corrected chi connectivity index (χ2v) is 5.90. The fraction of sp³-hybridized carbons (Fsp3) is 0.105. The van der Waals surface area contributed by atoms with Crippen molar-refractivity contribution in [3.8, 4) is 5.75 Å². The predicted octanol–water partition coefficient (Wildman–Crippen LogP) is 3.36. The lowest BCUT2D eigenvalue weighted by Gasteiger charge is -2.03. The normalized spacial score (nSPS) is 10.8. The van der Waals surface area contributed by atoms with Crippen molar-refractivity contribution < 1.29 is 9.53 Å². The average Bonchev–Trinajstić information content (AvgIpc) is 3.12. The van der Waals surface area contributed by atoms with Gasteiger partial charge in [-0.15, -0.1) is 0 Å². The van der Waals surface area contributed by atoms with Gasteiger partial charge in [0.25, 0.3) is 5.91 Å².